The van der Waals surface area contributed by atoms with Gasteiger partial charge in [-0.3, -0.25) is 10.2 Å². The topological polar surface area (TPSA) is 61.4 Å². The molecule has 0 spiro atoms. The number of alkyl halides is 3. The number of phenolic OH excluding ortho intramolecular Hbond substituents is 1. The Morgan fingerprint density at radius 2 is 1.89 bits per heavy atom. The zero-order valence-corrected chi connectivity index (χ0v) is 9.58. The fraction of sp³-hybridized carbons (Fsp3) is 0.364. The van der Waals surface area contributed by atoms with Gasteiger partial charge < -0.3 is 5.11 Å². The second kappa shape index (κ2) is 5.72. The van der Waals surface area contributed by atoms with Crippen LogP contribution in [-0.2, 0) is 11.2 Å². The van der Waals surface area contributed by atoms with Gasteiger partial charge in [0.25, 0.3) is 0 Å². The van der Waals surface area contributed by atoms with Gasteiger partial charge in [-0.25, -0.2) is 5.43 Å². The summed E-state index contributed by atoms with van der Waals surface area (Å²) < 4.78 is 35.7. The maximum atomic E-state index is 11.9. The molecule has 0 aliphatic carbocycles. The van der Waals surface area contributed by atoms with Crippen molar-refractivity contribution in [1.82, 2.24) is 10.9 Å². The summed E-state index contributed by atoms with van der Waals surface area (Å²) in [4.78, 5) is 10.5. The van der Waals surface area contributed by atoms with E-state index in [4.69, 9.17) is 5.11 Å². The molecule has 0 bridgehead atoms. The van der Waals surface area contributed by atoms with Crippen LogP contribution < -0.4 is 10.9 Å². The van der Waals surface area contributed by atoms with Gasteiger partial charge in [0.15, 0.2) is 0 Å². The van der Waals surface area contributed by atoms with Crippen molar-refractivity contribution >= 4 is 5.91 Å². The summed E-state index contributed by atoms with van der Waals surface area (Å²) in [7, 11) is 0. The molecule has 0 radical (unpaired) electrons. The van der Waals surface area contributed by atoms with E-state index < -0.39 is 12.1 Å². The Morgan fingerprint density at radius 3 is 2.39 bits per heavy atom. The van der Waals surface area contributed by atoms with Crippen LogP contribution in [0.4, 0.5) is 13.2 Å². The molecule has 18 heavy (non-hydrogen) atoms. The van der Waals surface area contributed by atoms with E-state index in [1.54, 1.807) is 24.5 Å². The molecule has 0 aliphatic rings. The predicted octanol–water partition coefficient (Wildman–Crippen LogP) is 1.51. The van der Waals surface area contributed by atoms with Crippen molar-refractivity contribution in [1.29, 1.82) is 0 Å². The molecule has 1 unspecified atom stereocenters. The minimum Gasteiger partial charge on any atom is -0.508 e. The van der Waals surface area contributed by atoms with Crippen LogP contribution in [0.1, 0.15) is 12.5 Å². The molecule has 100 valence electrons. The van der Waals surface area contributed by atoms with Crippen LogP contribution in [0.25, 0.3) is 0 Å². The third-order valence-corrected chi connectivity index (χ3v) is 2.17. The zero-order valence-electron chi connectivity index (χ0n) is 9.58. The van der Waals surface area contributed by atoms with Crippen LogP contribution in [-0.4, -0.2) is 23.2 Å². The number of halogens is 3. The van der Waals surface area contributed by atoms with Gasteiger partial charge in [0.05, 0.1) is 0 Å². The standard InChI is InChI=1S/C11H13F3N2O2/c1-7(15-16-10(18)11(12,13)14)6-8-2-4-9(17)5-3-8/h2-5,7,15,17H,6H2,1H3,(H,16,18). The van der Waals surface area contributed by atoms with Gasteiger partial charge in [-0.05, 0) is 31.0 Å². The summed E-state index contributed by atoms with van der Waals surface area (Å²) in [5.41, 5.74) is 4.69. The van der Waals surface area contributed by atoms with E-state index in [1.165, 1.54) is 12.1 Å². The van der Waals surface area contributed by atoms with Crippen molar-refractivity contribution in [3.05, 3.63) is 29.8 Å². The van der Waals surface area contributed by atoms with Crippen LogP contribution >= 0.6 is 0 Å². The SMILES string of the molecule is CC(Cc1ccc(O)cc1)NNC(=O)C(F)(F)F. The summed E-state index contributed by atoms with van der Waals surface area (Å²) in [6.45, 7) is 1.63. The Labute approximate surface area is 102 Å². The number of nitrogens with one attached hydrogen (secondary N) is 2. The first kappa shape index (κ1) is 14.3. The third-order valence-electron chi connectivity index (χ3n) is 2.17. The van der Waals surface area contributed by atoms with Crippen molar-refractivity contribution in [3.8, 4) is 5.75 Å². The van der Waals surface area contributed by atoms with Crippen LogP contribution in [0.15, 0.2) is 24.3 Å². The molecule has 1 atom stereocenters. The van der Waals surface area contributed by atoms with E-state index in [-0.39, 0.29) is 11.8 Å². The number of hydrazine groups is 1. The molecule has 0 aromatic heterocycles. The van der Waals surface area contributed by atoms with E-state index in [1.807, 2.05) is 0 Å². The van der Waals surface area contributed by atoms with Gasteiger partial charge >= 0.3 is 12.1 Å². The van der Waals surface area contributed by atoms with E-state index in [9.17, 15) is 18.0 Å². The molecule has 0 heterocycles. The second-order valence-corrected chi connectivity index (χ2v) is 3.87. The number of aromatic hydroxyl groups is 1. The molecular formula is C11H13F3N2O2. The molecule has 1 rings (SSSR count). The number of carbonyl (C=O) groups is 1. The van der Waals surface area contributed by atoms with Gasteiger partial charge in [0.2, 0.25) is 0 Å². The molecule has 4 nitrogen and oxygen atoms in total. The average molecular weight is 262 g/mol. The van der Waals surface area contributed by atoms with Crippen LogP contribution in [0.3, 0.4) is 0 Å². The molecule has 3 N–H and O–H groups in total. The largest absolute Gasteiger partial charge is 0.508 e. The normalized spacial score (nSPS) is 13.1. The molecule has 7 heteroatoms. The number of rotatable bonds is 4. The number of phenols is 1. The summed E-state index contributed by atoms with van der Waals surface area (Å²) in [6, 6.07) is 5.89. The Bertz CT molecular complexity index is 404. The molecule has 0 aliphatic heterocycles. The summed E-state index contributed by atoms with van der Waals surface area (Å²) in [5.74, 6) is -1.91. The third kappa shape index (κ3) is 4.62. The van der Waals surface area contributed by atoms with E-state index in [2.05, 4.69) is 5.43 Å². The van der Waals surface area contributed by atoms with Crippen molar-refractivity contribution in [2.45, 2.75) is 25.6 Å². The number of amides is 1. The Kier molecular flexibility index (Phi) is 4.55. The lowest BCUT2D eigenvalue weighted by Gasteiger charge is -2.15. The maximum Gasteiger partial charge on any atom is 0.472 e. The van der Waals surface area contributed by atoms with E-state index in [0.717, 1.165) is 5.56 Å². The molecule has 0 saturated carbocycles. The summed E-state index contributed by atoms with van der Waals surface area (Å²) in [6.07, 6.45) is -4.48. The van der Waals surface area contributed by atoms with Crippen molar-refractivity contribution in [2.75, 3.05) is 0 Å². The number of hydrogen-bond acceptors (Lipinski definition) is 3. The summed E-state index contributed by atoms with van der Waals surface area (Å²) >= 11 is 0. The van der Waals surface area contributed by atoms with Crippen molar-refractivity contribution < 1.29 is 23.1 Å². The molecule has 1 amide bonds. The molecule has 1 aromatic rings. The molecule has 0 saturated heterocycles. The van der Waals surface area contributed by atoms with E-state index in [0.29, 0.717) is 6.42 Å². The lowest BCUT2D eigenvalue weighted by Crippen LogP contribution is -2.49. The number of carbonyl (C=O) groups excluding carboxylic acids is 1. The average Bonchev–Trinajstić information content (AvgIpc) is 2.28. The van der Waals surface area contributed by atoms with Gasteiger partial charge in [0, 0.05) is 6.04 Å². The smallest absolute Gasteiger partial charge is 0.472 e. The lowest BCUT2D eigenvalue weighted by molar-refractivity contribution is -0.174. The minimum atomic E-state index is -4.90. The fourth-order valence-electron chi connectivity index (χ4n) is 1.30. The molecular weight excluding hydrogens is 249 g/mol. The van der Waals surface area contributed by atoms with Crippen molar-refractivity contribution in [2.24, 2.45) is 0 Å². The molecule has 0 fully saturated rings. The fourth-order valence-corrected chi connectivity index (χ4v) is 1.30. The Hall–Kier alpha value is -1.76. The predicted molar refractivity (Wildman–Crippen MR) is 58.6 cm³/mol. The first-order valence-corrected chi connectivity index (χ1v) is 5.19. The van der Waals surface area contributed by atoms with Gasteiger partial charge in [-0.2, -0.15) is 13.2 Å². The highest BCUT2D eigenvalue weighted by molar-refractivity contribution is 5.81. The first-order valence-electron chi connectivity index (χ1n) is 5.19. The monoisotopic (exact) mass is 262 g/mol. The summed E-state index contributed by atoms with van der Waals surface area (Å²) in [5, 5.41) is 9.06. The number of hydrogen-bond donors (Lipinski definition) is 3. The number of benzene rings is 1. The maximum absolute atomic E-state index is 11.9. The van der Waals surface area contributed by atoms with Crippen LogP contribution in [0.2, 0.25) is 0 Å². The van der Waals surface area contributed by atoms with Gasteiger partial charge in [-0.1, -0.05) is 12.1 Å². The van der Waals surface area contributed by atoms with Crippen LogP contribution in [0.5, 0.6) is 5.75 Å². The highest BCUT2D eigenvalue weighted by atomic mass is 19.4. The molecule has 1 aromatic carbocycles. The minimum absolute atomic E-state index is 0.115. The Balaban J connectivity index is 2.40. The van der Waals surface area contributed by atoms with Crippen LogP contribution in [0, 0.1) is 0 Å². The highest BCUT2D eigenvalue weighted by Gasteiger charge is 2.38. The lowest BCUT2D eigenvalue weighted by atomic mass is 10.1. The Morgan fingerprint density at radius 1 is 1.33 bits per heavy atom. The highest BCUT2D eigenvalue weighted by Crippen LogP contribution is 2.14. The van der Waals surface area contributed by atoms with E-state index >= 15 is 0 Å². The van der Waals surface area contributed by atoms with Gasteiger partial charge in [0.1, 0.15) is 5.75 Å². The first-order chi connectivity index (χ1) is 8.29. The quantitative estimate of drug-likeness (QED) is 0.721. The zero-order chi connectivity index (χ0) is 13.8. The second-order valence-electron chi connectivity index (χ2n) is 3.87. The van der Waals surface area contributed by atoms with Gasteiger partial charge in [-0.15, -0.1) is 0 Å². The van der Waals surface area contributed by atoms with Crippen molar-refractivity contribution in [3.63, 3.8) is 0 Å².